The average Bonchev–Trinajstić information content (AvgIpc) is 2.84. The molecule has 3 aromatic rings. The first-order chi connectivity index (χ1) is 16.4. The zero-order valence-corrected chi connectivity index (χ0v) is 19.6. The number of hydrogen-bond donors (Lipinski definition) is 2. The minimum Gasteiger partial charge on any atom is -0.503 e. The van der Waals surface area contributed by atoms with Crippen molar-refractivity contribution >= 4 is 11.9 Å². The molecule has 0 aliphatic heterocycles. The van der Waals surface area contributed by atoms with Gasteiger partial charge in [0.15, 0.2) is 17.2 Å². The highest BCUT2D eigenvalue weighted by molar-refractivity contribution is 5.97. The normalized spacial score (nSPS) is 12.6. The summed E-state index contributed by atoms with van der Waals surface area (Å²) in [4.78, 5) is 29.2. The number of nitrogens with one attached hydrogen (secondary N) is 1. The zero-order chi connectivity index (χ0) is 24.5. The molecule has 7 nitrogen and oxygen atoms in total. The maximum absolute atomic E-state index is 12.8. The van der Waals surface area contributed by atoms with Crippen LogP contribution in [0.2, 0.25) is 0 Å². The maximum Gasteiger partial charge on any atom is 0.328 e. The Kier molecular flexibility index (Phi) is 8.62. The number of hydrogen-bond acceptors (Lipinski definition) is 6. The summed E-state index contributed by atoms with van der Waals surface area (Å²) in [6.45, 7) is 3.41. The zero-order valence-electron chi connectivity index (χ0n) is 19.6. The van der Waals surface area contributed by atoms with Crippen LogP contribution in [-0.2, 0) is 22.4 Å². The van der Waals surface area contributed by atoms with Crippen LogP contribution in [0.15, 0.2) is 72.9 Å². The number of benzene rings is 2. The van der Waals surface area contributed by atoms with Gasteiger partial charge in [-0.1, -0.05) is 60.7 Å². The number of aromatic hydroxyl groups is 1. The number of carbonyl (C=O) groups excluding carboxylic acids is 2. The van der Waals surface area contributed by atoms with Crippen molar-refractivity contribution in [3.8, 4) is 11.5 Å². The molecular weight excluding hydrogens is 432 g/mol. The summed E-state index contributed by atoms with van der Waals surface area (Å²) in [5.41, 5.74) is 2.09. The minimum atomic E-state index is -0.934. The number of carbonyl (C=O) groups is 2. The second kappa shape index (κ2) is 11.8. The van der Waals surface area contributed by atoms with Gasteiger partial charge in [0, 0.05) is 18.2 Å². The highest BCUT2D eigenvalue weighted by atomic mass is 16.5. The van der Waals surface area contributed by atoms with Crippen molar-refractivity contribution in [3.63, 3.8) is 0 Å². The molecule has 3 rings (SSSR count). The van der Waals surface area contributed by atoms with Gasteiger partial charge in [-0.05, 0) is 37.8 Å². The molecule has 0 saturated carbocycles. The maximum atomic E-state index is 12.8. The average molecular weight is 463 g/mol. The second-order valence-electron chi connectivity index (χ2n) is 8.19. The van der Waals surface area contributed by atoms with Gasteiger partial charge < -0.3 is 19.9 Å². The first kappa shape index (κ1) is 24.8. The van der Waals surface area contributed by atoms with Crippen LogP contribution in [0, 0.1) is 5.92 Å². The summed E-state index contributed by atoms with van der Waals surface area (Å²) in [5, 5.41) is 12.7. The van der Waals surface area contributed by atoms with Gasteiger partial charge in [0.25, 0.3) is 5.91 Å². The van der Waals surface area contributed by atoms with E-state index in [1.54, 1.807) is 0 Å². The van der Waals surface area contributed by atoms with E-state index >= 15 is 0 Å². The Balaban J connectivity index is 1.67. The fourth-order valence-electron chi connectivity index (χ4n) is 3.71. The number of nitrogens with zero attached hydrogens (tertiary/aromatic N) is 1. The molecule has 0 aliphatic rings. The van der Waals surface area contributed by atoms with E-state index < -0.39 is 24.0 Å². The quantitative estimate of drug-likeness (QED) is 0.443. The van der Waals surface area contributed by atoms with Crippen molar-refractivity contribution in [2.75, 3.05) is 7.11 Å². The fourth-order valence-corrected chi connectivity index (χ4v) is 3.71. The van der Waals surface area contributed by atoms with E-state index in [9.17, 15) is 14.7 Å². The highest BCUT2D eigenvalue weighted by Gasteiger charge is 2.27. The Bertz CT molecular complexity index is 1050. The van der Waals surface area contributed by atoms with Crippen LogP contribution in [-0.4, -0.2) is 41.2 Å². The first-order valence-corrected chi connectivity index (χ1v) is 11.2. The summed E-state index contributed by atoms with van der Waals surface area (Å²) in [6, 6.07) is 20.6. The Morgan fingerprint density at radius 1 is 0.941 bits per heavy atom. The molecule has 1 aromatic heterocycles. The topological polar surface area (TPSA) is 97.8 Å². The predicted octanol–water partition coefficient (Wildman–Crippen LogP) is 3.95. The van der Waals surface area contributed by atoms with Crippen LogP contribution in [0.1, 0.15) is 35.5 Å². The molecule has 1 amide bonds. The van der Waals surface area contributed by atoms with Gasteiger partial charge in [-0.3, -0.25) is 4.79 Å². The van der Waals surface area contributed by atoms with Gasteiger partial charge in [0.05, 0.1) is 7.11 Å². The van der Waals surface area contributed by atoms with Crippen LogP contribution in [0.5, 0.6) is 11.5 Å². The number of methoxy groups -OCH3 is 1. The fraction of sp³-hybridized carbons (Fsp3) is 0.296. The molecule has 2 aromatic carbocycles. The van der Waals surface area contributed by atoms with E-state index in [2.05, 4.69) is 34.6 Å². The molecule has 0 radical (unpaired) electrons. The van der Waals surface area contributed by atoms with E-state index in [0.29, 0.717) is 0 Å². The van der Waals surface area contributed by atoms with Gasteiger partial charge in [0.1, 0.15) is 12.1 Å². The second-order valence-corrected chi connectivity index (χ2v) is 8.19. The molecule has 2 N–H and O–H groups in total. The third-order valence-electron chi connectivity index (χ3n) is 5.67. The summed E-state index contributed by atoms with van der Waals surface area (Å²) in [6.07, 6.45) is 2.44. The van der Waals surface area contributed by atoms with Gasteiger partial charge >= 0.3 is 5.97 Å². The monoisotopic (exact) mass is 462 g/mol. The van der Waals surface area contributed by atoms with Crippen LogP contribution >= 0.6 is 0 Å². The molecule has 2 atom stereocenters. The number of pyridine rings is 1. The number of rotatable bonds is 10. The Hall–Kier alpha value is -3.87. The van der Waals surface area contributed by atoms with E-state index in [0.717, 1.165) is 24.0 Å². The molecule has 0 saturated heterocycles. The lowest BCUT2D eigenvalue weighted by molar-refractivity contribution is -0.152. The lowest BCUT2D eigenvalue weighted by atomic mass is 9.88. The Morgan fingerprint density at radius 2 is 1.50 bits per heavy atom. The van der Waals surface area contributed by atoms with Crippen molar-refractivity contribution in [3.05, 3.63) is 89.7 Å². The molecular formula is C27H30N2O5. The van der Waals surface area contributed by atoms with Crippen LogP contribution in [0.3, 0.4) is 0 Å². The van der Waals surface area contributed by atoms with Crippen molar-refractivity contribution in [2.45, 2.75) is 38.8 Å². The van der Waals surface area contributed by atoms with Gasteiger partial charge in [-0.2, -0.15) is 0 Å². The van der Waals surface area contributed by atoms with Gasteiger partial charge in [0.2, 0.25) is 0 Å². The summed E-state index contributed by atoms with van der Waals surface area (Å²) in [7, 11) is 1.37. The van der Waals surface area contributed by atoms with E-state index in [1.165, 1.54) is 26.3 Å². The SMILES string of the molecule is COc1ccnc(C(=O)N[C@@H](C)C(=O)OC(C)C(Cc2ccccc2)Cc2ccccc2)c1O. The molecule has 0 aliphatic carbocycles. The van der Waals surface area contributed by atoms with Gasteiger partial charge in [-0.15, -0.1) is 0 Å². The lowest BCUT2D eigenvalue weighted by Crippen LogP contribution is -2.42. The third kappa shape index (κ3) is 6.57. The predicted molar refractivity (Wildman–Crippen MR) is 129 cm³/mol. The number of ether oxygens (including phenoxy) is 2. The highest BCUT2D eigenvalue weighted by Crippen LogP contribution is 2.27. The van der Waals surface area contributed by atoms with Crippen LogP contribution in [0.25, 0.3) is 0 Å². The Morgan fingerprint density at radius 3 is 2.03 bits per heavy atom. The first-order valence-electron chi connectivity index (χ1n) is 11.2. The third-order valence-corrected chi connectivity index (χ3v) is 5.67. The molecule has 34 heavy (non-hydrogen) atoms. The molecule has 0 bridgehead atoms. The molecule has 1 heterocycles. The number of esters is 1. The summed E-state index contributed by atoms with van der Waals surface area (Å²) in [5.74, 6) is -1.48. The molecule has 0 spiro atoms. The smallest absolute Gasteiger partial charge is 0.328 e. The standard InChI is InChI=1S/C27H30N2O5/c1-18(29-26(31)24-25(30)23(33-3)14-15-28-24)27(32)34-19(2)22(16-20-10-6-4-7-11-20)17-21-12-8-5-9-13-21/h4-15,18-19,22,30H,16-17H2,1-3H3,(H,29,31)/t18-,19?/m0/s1. The van der Waals surface area contributed by atoms with Gasteiger partial charge in [-0.25, -0.2) is 9.78 Å². The van der Waals surface area contributed by atoms with Crippen molar-refractivity contribution in [2.24, 2.45) is 5.92 Å². The molecule has 178 valence electrons. The van der Waals surface area contributed by atoms with Crippen molar-refractivity contribution in [1.29, 1.82) is 0 Å². The van der Waals surface area contributed by atoms with E-state index in [-0.39, 0.29) is 23.1 Å². The van der Waals surface area contributed by atoms with Crippen LogP contribution < -0.4 is 10.1 Å². The minimum absolute atomic E-state index is 0.0424. The Labute approximate surface area is 199 Å². The van der Waals surface area contributed by atoms with Crippen LogP contribution in [0.4, 0.5) is 0 Å². The van der Waals surface area contributed by atoms with Crippen molar-refractivity contribution < 1.29 is 24.2 Å². The van der Waals surface area contributed by atoms with Crippen molar-refractivity contribution in [1.82, 2.24) is 10.3 Å². The molecule has 7 heteroatoms. The number of amides is 1. The van der Waals surface area contributed by atoms with E-state index in [1.807, 2.05) is 43.3 Å². The largest absolute Gasteiger partial charge is 0.503 e. The lowest BCUT2D eigenvalue weighted by Gasteiger charge is -2.26. The molecule has 0 fully saturated rings. The number of aromatic nitrogens is 1. The summed E-state index contributed by atoms with van der Waals surface area (Å²) >= 11 is 0. The van der Waals surface area contributed by atoms with E-state index in [4.69, 9.17) is 9.47 Å². The summed E-state index contributed by atoms with van der Waals surface area (Å²) < 4.78 is 10.8. The molecule has 1 unspecified atom stereocenters.